The fourth-order valence-electron chi connectivity index (χ4n) is 6.04. The Morgan fingerprint density at radius 2 is 1.75 bits per heavy atom. The van der Waals surface area contributed by atoms with Crippen LogP contribution in [0.5, 0.6) is 0 Å². The van der Waals surface area contributed by atoms with Gasteiger partial charge in [0.15, 0.2) is 5.65 Å². The predicted octanol–water partition coefficient (Wildman–Crippen LogP) is 5.34. The second-order valence-corrected chi connectivity index (χ2v) is 10.9. The molecular weight excluding hydrogens is 518 g/mol. The number of nitrogens with one attached hydrogen (secondary N) is 1. The zero-order valence-electron chi connectivity index (χ0n) is 23.2. The second kappa shape index (κ2) is 12.7. The molecule has 3 aromatic heterocycles. The van der Waals surface area contributed by atoms with Crippen molar-refractivity contribution in [1.29, 1.82) is 0 Å². The zero-order valence-corrected chi connectivity index (χ0v) is 24.0. The van der Waals surface area contributed by atoms with E-state index < -0.39 is 0 Å². The van der Waals surface area contributed by atoms with Crippen molar-refractivity contribution in [2.75, 3.05) is 25.2 Å². The molecule has 2 bridgehead atoms. The Kier molecular flexibility index (Phi) is 8.88. The highest BCUT2D eigenvalue weighted by Crippen LogP contribution is 2.45. The molecule has 10 heteroatoms. The minimum Gasteiger partial charge on any atom is -0.383 e. The number of anilines is 1. The first-order valence-electron chi connectivity index (χ1n) is 13.7. The quantitative estimate of drug-likeness (QED) is 0.172. The van der Waals surface area contributed by atoms with Gasteiger partial charge in [0, 0.05) is 61.0 Å². The van der Waals surface area contributed by atoms with E-state index in [2.05, 4.69) is 76.4 Å². The van der Waals surface area contributed by atoms with Crippen LogP contribution in [0.3, 0.4) is 0 Å². The van der Waals surface area contributed by atoms with Crippen LogP contribution >= 0.6 is 11.8 Å². The molecule has 0 radical (unpaired) electrons. The second-order valence-electron chi connectivity index (χ2n) is 10.1. The van der Waals surface area contributed by atoms with E-state index in [0.717, 1.165) is 64.7 Å². The molecule has 208 valence electrons. The van der Waals surface area contributed by atoms with Gasteiger partial charge in [0.25, 0.3) is 0 Å². The average molecular weight is 556 g/mol. The summed E-state index contributed by atoms with van der Waals surface area (Å²) in [6, 6.07) is 15.6. The van der Waals surface area contributed by atoms with E-state index in [9.17, 15) is 0 Å². The van der Waals surface area contributed by atoms with Gasteiger partial charge in [-0.25, -0.2) is 4.98 Å². The standard InChI is InChI=1S/C28H33N7S.C2H4N2/c1-3-30-17-34-21-10-11-22(34)14-20(13-21)25-26(36-2)27(29)35-28(33-25)23(16-32-35)19-9-12-24(31-15-19)18-7-5-4-6-8-18;1-3-4-2/h4-9,12,15-16,20-22,30H,3,10-11,13-14,17,29H2,1-2H3;1-2H2/t20?,21-,22?;/m0./s1. The highest BCUT2D eigenvalue weighted by atomic mass is 32.2. The van der Waals surface area contributed by atoms with Crippen LogP contribution in [0, 0.1) is 0 Å². The first-order valence-corrected chi connectivity index (χ1v) is 14.9. The van der Waals surface area contributed by atoms with Crippen molar-refractivity contribution in [2.45, 2.75) is 55.5 Å². The van der Waals surface area contributed by atoms with E-state index in [-0.39, 0.29) is 0 Å². The SMILES string of the molecule is C=NN=C.CCNCN1C2CC[C@H]1CC(c1nc3c(-c4ccc(-c5ccccc5)nc4)cnn3c(N)c1SC)C2. The molecule has 4 aromatic rings. The van der Waals surface area contributed by atoms with E-state index in [1.807, 2.05) is 30.6 Å². The fraction of sp³-hybridized carbons (Fsp3) is 0.367. The molecule has 0 aliphatic carbocycles. The zero-order chi connectivity index (χ0) is 28.1. The maximum atomic E-state index is 6.71. The number of hydrogen-bond acceptors (Lipinski definition) is 9. The Balaban J connectivity index is 0.000000758. The highest BCUT2D eigenvalue weighted by molar-refractivity contribution is 7.98. The van der Waals surface area contributed by atoms with E-state index >= 15 is 0 Å². The number of nitrogen functional groups attached to an aromatic ring is 1. The summed E-state index contributed by atoms with van der Waals surface area (Å²) >= 11 is 1.69. The van der Waals surface area contributed by atoms with Gasteiger partial charge in [-0.05, 0) is 44.6 Å². The molecule has 2 fully saturated rings. The number of thioether (sulfide) groups is 1. The van der Waals surface area contributed by atoms with Gasteiger partial charge >= 0.3 is 0 Å². The molecule has 0 amide bonds. The lowest BCUT2D eigenvalue weighted by atomic mass is 9.88. The van der Waals surface area contributed by atoms with Crippen LogP contribution in [0.1, 0.15) is 44.2 Å². The minimum absolute atomic E-state index is 0.413. The third-order valence-electron chi connectivity index (χ3n) is 7.93. The molecule has 5 heterocycles. The molecule has 0 spiro atoms. The van der Waals surface area contributed by atoms with E-state index in [4.69, 9.17) is 15.7 Å². The summed E-state index contributed by atoms with van der Waals surface area (Å²) in [6.07, 6.45) is 10.7. The monoisotopic (exact) mass is 555 g/mol. The van der Waals surface area contributed by atoms with Gasteiger partial charge in [0.2, 0.25) is 0 Å². The van der Waals surface area contributed by atoms with Crippen LogP contribution in [0.2, 0.25) is 0 Å². The number of hydrogen-bond donors (Lipinski definition) is 2. The van der Waals surface area contributed by atoms with Gasteiger partial charge in [0.05, 0.1) is 22.5 Å². The molecule has 40 heavy (non-hydrogen) atoms. The third kappa shape index (κ3) is 5.52. The topological polar surface area (TPSA) is 109 Å². The van der Waals surface area contributed by atoms with Crippen molar-refractivity contribution >= 4 is 36.7 Å². The lowest BCUT2D eigenvalue weighted by Crippen LogP contribution is -2.47. The summed E-state index contributed by atoms with van der Waals surface area (Å²) in [5, 5.41) is 14.2. The lowest BCUT2D eigenvalue weighted by molar-refractivity contribution is 0.115. The number of benzene rings is 1. The molecule has 3 N–H and O–H groups in total. The van der Waals surface area contributed by atoms with Crippen LogP contribution in [-0.4, -0.2) is 69.5 Å². The van der Waals surface area contributed by atoms with E-state index in [0.29, 0.717) is 23.8 Å². The number of piperidine rings is 1. The van der Waals surface area contributed by atoms with Gasteiger partial charge < -0.3 is 11.1 Å². The highest BCUT2D eigenvalue weighted by Gasteiger charge is 2.42. The van der Waals surface area contributed by atoms with Crippen molar-refractivity contribution in [1.82, 2.24) is 29.8 Å². The van der Waals surface area contributed by atoms with Crippen LogP contribution in [-0.2, 0) is 0 Å². The number of aromatic nitrogens is 4. The lowest BCUT2D eigenvalue weighted by Gasteiger charge is -2.39. The Hall–Kier alpha value is -3.60. The first-order chi connectivity index (χ1) is 19.6. The van der Waals surface area contributed by atoms with Crippen molar-refractivity contribution in [3.8, 4) is 22.4 Å². The van der Waals surface area contributed by atoms with Crippen LogP contribution < -0.4 is 11.1 Å². The van der Waals surface area contributed by atoms with Gasteiger partial charge in [-0.15, -0.1) is 11.8 Å². The molecule has 0 saturated carbocycles. The Labute approximate surface area is 240 Å². The van der Waals surface area contributed by atoms with Crippen molar-refractivity contribution in [2.24, 2.45) is 10.2 Å². The third-order valence-corrected chi connectivity index (χ3v) is 8.75. The number of pyridine rings is 1. The summed E-state index contributed by atoms with van der Waals surface area (Å²) in [6.45, 7) is 10.2. The number of fused-ring (bicyclic) bond motifs is 3. The first kappa shape index (κ1) is 27.9. The maximum Gasteiger partial charge on any atom is 0.165 e. The predicted molar refractivity (Wildman–Crippen MR) is 166 cm³/mol. The van der Waals surface area contributed by atoms with Gasteiger partial charge in [-0.2, -0.15) is 19.8 Å². The molecular formula is C30H37N9S. The van der Waals surface area contributed by atoms with Crippen molar-refractivity contribution in [3.05, 3.63) is 60.6 Å². The number of rotatable bonds is 8. The van der Waals surface area contributed by atoms with Crippen LogP contribution in [0.4, 0.5) is 5.82 Å². The molecule has 6 rings (SSSR count). The number of nitrogens with two attached hydrogens (primary N) is 1. The smallest absolute Gasteiger partial charge is 0.165 e. The molecule has 2 aliphatic rings. The summed E-state index contributed by atoms with van der Waals surface area (Å²) in [5.74, 6) is 1.10. The number of nitrogens with zero attached hydrogens (tertiary/aromatic N) is 7. The van der Waals surface area contributed by atoms with Crippen LogP contribution in [0.25, 0.3) is 28.0 Å². The molecule has 1 aromatic carbocycles. The van der Waals surface area contributed by atoms with Crippen LogP contribution in [0.15, 0.2) is 70.0 Å². The Morgan fingerprint density at radius 3 is 2.35 bits per heavy atom. The Morgan fingerprint density at radius 1 is 1.02 bits per heavy atom. The maximum absolute atomic E-state index is 6.71. The Bertz CT molecular complexity index is 1430. The molecule has 2 saturated heterocycles. The van der Waals surface area contributed by atoms with E-state index in [1.165, 1.54) is 12.8 Å². The van der Waals surface area contributed by atoms with Gasteiger partial charge in [-0.3, -0.25) is 9.88 Å². The molecule has 2 aliphatic heterocycles. The van der Waals surface area contributed by atoms with E-state index in [1.54, 1.807) is 16.3 Å². The minimum atomic E-state index is 0.413. The normalized spacial score (nSPS) is 20.2. The largest absolute Gasteiger partial charge is 0.383 e. The molecule has 2 unspecified atom stereocenters. The van der Waals surface area contributed by atoms with Gasteiger partial charge in [0.1, 0.15) is 5.82 Å². The summed E-state index contributed by atoms with van der Waals surface area (Å²) in [7, 11) is 0. The van der Waals surface area contributed by atoms with Crippen molar-refractivity contribution < 1.29 is 0 Å². The molecule has 9 nitrogen and oxygen atoms in total. The molecule has 3 atom stereocenters. The fourth-order valence-corrected chi connectivity index (χ4v) is 6.75. The average Bonchev–Trinajstić information content (AvgIpc) is 3.53. The summed E-state index contributed by atoms with van der Waals surface area (Å²) in [4.78, 5) is 13.7. The summed E-state index contributed by atoms with van der Waals surface area (Å²) < 4.78 is 1.80. The van der Waals surface area contributed by atoms with Crippen molar-refractivity contribution in [3.63, 3.8) is 0 Å². The summed E-state index contributed by atoms with van der Waals surface area (Å²) in [5.41, 5.74) is 12.7. The van der Waals surface area contributed by atoms with Gasteiger partial charge in [-0.1, -0.05) is 43.3 Å².